The molecule has 0 atom stereocenters. The lowest BCUT2D eigenvalue weighted by Gasteiger charge is -1.96. The molecule has 1 aromatic rings. The highest BCUT2D eigenvalue weighted by Crippen LogP contribution is 1.90. The molecular formula is C4H8N5O2S. The Morgan fingerprint density at radius 1 is 1.58 bits per heavy atom. The van der Waals surface area contributed by atoms with E-state index in [1.54, 1.807) is 7.05 Å². The van der Waals surface area contributed by atoms with E-state index >= 15 is 0 Å². The molecule has 0 spiro atoms. The average Bonchev–Trinajstić information content (AvgIpc) is 2.29. The van der Waals surface area contributed by atoms with Crippen LogP contribution in [-0.2, 0) is 23.6 Å². The second kappa shape index (κ2) is 3.15. The van der Waals surface area contributed by atoms with Gasteiger partial charge in [-0.1, -0.05) is 0 Å². The number of aromatic nitrogens is 4. The van der Waals surface area contributed by atoms with Crippen molar-refractivity contribution in [3.63, 3.8) is 0 Å². The van der Waals surface area contributed by atoms with Gasteiger partial charge in [-0.25, -0.2) is 13.1 Å². The molecule has 12 heavy (non-hydrogen) atoms. The van der Waals surface area contributed by atoms with E-state index < -0.39 is 10.0 Å². The number of rotatable bonds is 3. The summed E-state index contributed by atoms with van der Waals surface area (Å²) < 4.78 is 25.9. The Morgan fingerprint density at radius 2 is 2.25 bits per heavy atom. The fraction of sp³-hybridized carbons (Fsp3) is 0.750. The van der Waals surface area contributed by atoms with E-state index in [9.17, 15) is 8.42 Å². The Balaban J connectivity index is 2.61. The van der Waals surface area contributed by atoms with Crippen LogP contribution in [0.4, 0.5) is 0 Å². The minimum atomic E-state index is -3.30. The smallest absolute Gasteiger partial charge is 0.225 e. The molecule has 0 bridgehead atoms. The Hall–Kier alpha value is -1.02. The van der Waals surface area contributed by atoms with Crippen molar-refractivity contribution in [1.82, 2.24) is 24.9 Å². The molecule has 7 nitrogen and oxygen atoms in total. The largest absolute Gasteiger partial charge is 0.231 e. The third-order valence-corrected chi connectivity index (χ3v) is 1.75. The summed E-state index contributed by atoms with van der Waals surface area (Å²) in [4.78, 5) is 0. The van der Waals surface area contributed by atoms with E-state index in [0.29, 0.717) is 5.82 Å². The van der Waals surface area contributed by atoms with Crippen LogP contribution >= 0.6 is 0 Å². The minimum absolute atomic E-state index is 0.0116. The lowest BCUT2D eigenvalue weighted by Crippen LogP contribution is -2.16. The summed E-state index contributed by atoms with van der Waals surface area (Å²) in [6.07, 6.45) is 1.02. The minimum Gasteiger partial charge on any atom is -0.231 e. The predicted octanol–water partition coefficient (Wildman–Crippen LogP) is -1.73. The molecule has 0 N–H and O–H groups in total. The Bertz CT molecular complexity index is 355. The summed E-state index contributed by atoms with van der Waals surface area (Å²) in [6.45, 7) is -0.0116. The highest BCUT2D eigenvalue weighted by atomic mass is 32.2. The van der Waals surface area contributed by atoms with E-state index in [0.717, 1.165) is 6.26 Å². The normalized spacial score (nSPS) is 11.8. The molecule has 0 aliphatic heterocycles. The van der Waals surface area contributed by atoms with E-state index in [1.165, 1.54) is 4.68 Å². The van der Waals surface area contributed by atoms with Gasteiger partial charge in [0.15, 0.2) is 5.82 Å². The first-order valence-electron chi connectivity index (χ1n) is 3.09. The van der Waals surface area contributed by atoms with E-state index in [1.807, 2.05) is 0 Å². The van der Waals surface area contributed by atoms with Gasteiger partial charge in [-0.2, -0.15) is 0 Å². The molecule has 1 rings (SSSR count). The van der Waals surface area contributed by atoms with Crippen LogP contribution in [0.3, 0.4) is 0 Å². The number of aryl methyl sites for hydroxylation is 1. The van der Waals surface area contributed by atoms with Gasteiger partial charge in [0.05, 0.1) is 12.8 Å². The molecule has 0 saturated carbocycles. The van der Waals surface area contributed by atoms with Gasteiger partial charge in [0, 0.05) is 7.05 Å². The number of sulfonamides is 1. The van der Waals surface area contributed by atoms with Crippen molar-refractivity contribution in [2.75, 3.05) is 6.26 Å². The van der Waals surface area contributed by atoms with Crippen molar-refractivity contribution >= 4 is 10.0 Å². The van der Waals surface area contributed by atoms with Gasteiger partial charge in [0.2, 0.25) is 10.0 Å². The summed E-state index contributed by atoms with van der Waals surface area (Å²) >= 11 is 0. The van der Waals surface area contributed by atoms with Gasteiger partial charge in [-0.15, -0.1) is 9.82 Å². The molecular weight excluding hydrogens is 182 g/mol. The van der Waals surface area contributed by atoms with Crippen LogP contribution in [0.5, 0.6) is 0 Å². The molecule has 0 aliphatic carbocycles. The van der Waals surface area contributed by atoms with Crippen LogP contribution in [0, 0.1) is 0 Å². The fourth-order valence-corrected chi connectivity index (χ4v) is 0.907. The van der Waals surface area contributed by atoms with Crippen LogP contribution in [0.1, 0.15) is 5.82 Å². The van der Waals surface area contributed by atoms with Crippen molar-refractivity contribution < 1.29 is 8.42 Å². The number of tetrazole rings is 1. The molecule has 0 saturated heterocycles. The third kappa shape index (κ3) is 2.55. The lowest BCUT2D eigenvalue weighted by molar-refractivity contribution is 0.579. The zero-order chi connectivity index (χ0) is 9.19. The molecule has 8 heteroatoms. The van der Waals surface area contributed by atoms with Crippen LogP contribution in [-0.4, -0.2) is 34.9 Å². The summed E-state index contributed by atoms with van der Waals surface area (Å²) in [6, 6.07) is 0. The molecule has 1 heterocycles. The summed E-state index contributed by atoms with van der Waals surface area (Å²) in [5, 5.41) is 10.4. The first-order valence-corrected chi connectivity index (χ1v) is 4.94. The number of hydrogen-bond acceptors (Lipinski definition) is 5. The molecule has 1 radical (unpaired) electrons. The molecule has 0 fully saturated rings. The Morgan fingerprint density at radius 3 is 2.67 bits per heavy atom. The third-order valence-electron chi connectivity index (χ3n) is 1.15. The van der Waals surface area contributed by atoms with Gasteiger partial charge < -0.3 is 0 Å². The van der Waals surface area contributed by atoms with Crippen LogP contribution < -0.4 is 4.72 Å². The van der Waals surface area contributed by atoms with Gasteiger partial charge in [-0.05, 0) is 10.4 Å². The SMILES string of the molecule is Cn1nnnc1C[N]S(C)(=O)=O. The molecule has 67 valence electrons. The van der Waals surface area contributed by atoms with Crippen LogP contribution in [0.15, 0.2) is 0 Å². The average molecular weight is 190 g/mol. The van der Waals surface area contributed by atoms with Crippen molar-refractivity contribution in [3.8, 4) is 0 Å². The number of nitrogens with zero attached hydrogens (tertiary/aromatic N) is 5. The molecule has 0 unspecified atom stereocenters. The van der Waals surface area contributed by atoms with Crippen molar-refractivity contribution in [2.24, 2.45) is 7.05 Å². The maximum Gasteiger partial charge on any atom is 0.225 e. The monoisotopic (exact) mass is 190 g/mol. The quantitative estimate of drug-likeness (QED) is 0.565. The maximum atomic E-state index is 10.6. The predicted molar refractivity (Wildman–Crippen MR) is 39.5 cm³/mol. The molecule has 1 aromatic heterocycles. The molecule has 0 aliphatic rings. The highest BCUT2D eigenvalue weighted by molar-refractivity contribution is 7.88. The van der Waals surface area contributed by atoms with Gasteiger partial charge >= 0.3 is 0 Å². The van der Waals surface area contributed by atoms with Crippen molar-refractivity contribution in [1.29, 1.82) is 0 Å². The second-order valence-electron chi connectivity index (χ2n) is 2.24. The lowest BCUT2D eigenvalue weighted by atomic mass is 10.6. The fourth-order valence-electron chi connectivity index (χ4n) is 0.557. The Labute approximate surface area is 69.8 Å². The number of hydrogen-bond donors (Lipinski definition) is 0. The van der Waals surface area contributed by atoms with Crippen LogP contribution in [0.25, 0.3) is 0 Å². The van der Waals surface area contributed by atoms with Crippen molar-refractivity contribution in [3.05, 3.63) is 5.82 Å². The maximum absolute atomic E-state index is 10.6. The molecule has 0 amide bonds. The van der Waals surface area contributed by atoms with Crippen LogP contribution in [0.2, 0.25) is 0 Å². The Kier molecular flexibility index (Phi) is 2.38. The zero-order valence-corrected chi connectivity index (χ0v) is 7.48. The standard InChI is InChI=1S/C4H8N5O2S/c1-9-4(6-7-8-9)3-5-12(2,10)11/h3H2,1-2H3. The summed E-state index contributed by atoms with van der Waals surface area (Å²) in [5.41, 5.74) is 0. The van der Waals surface area contributed by atoms with E-state index in [-0.39, 0.29) is 6.54 Å². The van der Waals surface area contributed by atoms with E-state index in [4.69, 9.17) is 0 Å². The highest BCUT2D eigenvalue weighted by Gasteiger charge is 2.07. The van der Waals surface area contributed by atoms with E-state index in [2.05, 4.69) is 20.2 Å². The second-order valence-corrected chi connectivity index (χ2v) is 3.96. The van der Waals surface area contributed by atoms with Gasteiger partial charge in [-0.3, -0.25) is 0 Å². The van der Waals surface area contributed by atoms with Gasteiger partial charge in [0.25, 0.3) is 0 Å². The first kappa shape index (κ1) is 9.07. The first-order chi connectivity index (χ1) is 5.49. The summed E-state index contributed by atoms with van der Waals surface area (Å²) in [5.74, 6) is 0.417. The molecule has 0 aromatic carbocycles. The summed E-state index contributed by atoms with van der Waals surface area (Å²) in [7, 11) is -1.68. The van der Waals surface area contributed by atoms with Gasteiger partial charge in [0.1, 0.15) is 0 Å². The van der Waals surface area contributed by atoms with Crippen molar-refractivity contribution in [2.45, 2.75) is 6.54 Å². The zero-order valence-electron chi connectivity index (χ0n) is 6.67. The topological polar surface area (TPSA) is 91.8 Å².